The molecule has 3 rings (SSSR count). The highest BCUT2D eigenvalue weighted by Crippen LogP contribution is 2.34. The molecule has 0 saturated carbocycles. The lowest BCUT2D eigenvalue weighted by Crippen LogP contribution is -2.11. The van der Waals surface area contributed by atoms with Gasteiger partial charge in [-0.3, -0.25) is 0 Å². The van der Waals surface area contributed by atoms with Gasteiger partial charge in [-0.2, -0.15) is 0 Å². The van der Waals surface area contributed by atoms with Crippen molar-refractivity contribution in [2.24, 2.45) is 5.14 Å². The molecule has 8 heteroatoms. The van der Waals surface area contributed by atoms with E-state index in [9.17, 15) is 8.42 Å². The van der Waals surface area contributed by atoms with Crippen LogP contribution in [0.2, 0.25) is 10.0 Å². The number of thiazole rings is 1. The Balaban J connectivity index is 1.97. The first kappa shape index (κ1) is 16.4. The van der Waals surface area contributed by atoms with E-state index in [1.54, 1.807) is 30.3 Å². The van der Waals surface area contributed by atoms with Crippen molar-refractivity contribution in [3.05, 3.63) is 57.9 Å². The Morgan fingerprint density at radius 3 is 2.39 bits per heavy atom. The first-order valence-electron chi connectivity index (χ1n) is 6.39. The molecule has 0 amide bonds. The molecule has 0 aliphatic carbocycles. The number of hydrogen-bond acceptors (Lipinski definition) is 4. The van der Waals surface area contributed by atoms with Crippen molar-refractivity contribution in [1.82, 2.24) is 4.98 Å². The number of nitrogens with two attached hydrogens (primary N) is 1. The van der Waals surface area contributed by atoms with E-state index in [0.717, 1.165) is 16.1 Å². The van der Waals surface area contributed by atoms with Gasteiger partial charge in [0.1, 0.15) is 5.01 Å². The molecule has 0 aliphatic rings. The van der Waals surface area contributed by atoms with Gasteiger partial charge in [0.25, 0.3) is 0 Å². The number of hydrogen-bond donors (Lipinski definition) is 1. The van der Waals surface area contributed by atoms with Crippen LogP contribution < -0.4 is 5.14 Å². The van der Waals surface area contributed by atoms with Gasteiger partial charge >= 0.3 is 0 Å². The second kappa shape index (κ2) is 6.22. The molecule has 0 spiro atoms. The molecule has 1 heterocycles. The van der Waals surface area contributed by atoms with Crippen molar-refractivity contribution in [2.75, 3.05) is 0 Å². The molecule has 0 fully saturated rings. The average molecular weight is 385 g/mol. The van der Waals surface area contributed by atoms with E-state index in [1.807, 2.05) is 5.38 Å². The predicted octanol–water partition coefficient (Wildman–Crippen LogP) is 4.43. The van der Waals surface area contributed by atoms with E-state index in [1.165, 1.54) is 23.5 Å². The highest BCUT2D eigenvalue weighted by Gasteiger charge is 2.12. The minimum Gasteiger partial charge on any atom is -0.236 e. The van der Waals surface area contributed by atoms with Crippen LogP contribution in [0.25, 0.3) is 21.8 Å². The molecule has 0 bridgehead atoms. The van der Waals surface area contributed by atoms with E-state index >= 15 is 0 Å². The number of rotatable bonds is 3. The van der Waals surface area contributed by atoms with E-state index in [-0.39, 0.29) is 4.90 Å². The Kier molecular flexibility index (Phi) is 4.44. The normalized spacial score (nSPS) is 11.6. The van der Waals surface area contributed by atoms with E-state index in [0.29, 0.717) is 15.7 Å². The monoisotopic (exact) mass is 384 g/mol. The third kappa shape index (κ3) is 3.57. The van der Waals surface area contributed by atoms with Gasteiger partial charge < -0.3 is 0 Å². The van der Waals surface area contributed by atoms with Crippen LogP contribution >= 0.6 is 34.5 Å². The van der Waals surface area contributed by atoms with Gasteiger partial charge in [0.2, 0.25) is 10.0 Å². The third-order valence-corrected chi connectivity index (χ3v) is 5.52. The van der Waals surface area contributed by atoms with Crippen LogP contribution in [0.1, 0.15) is 0 Å². The minimum absolute atomic E-state index is 0.0657. The fourth-order valence-electron chi connectivity index (χ4n) is 2.01. The lowest BCUT2D eigenvalue weighted by atomic mass is 10.2. The van der Waals surface area contributed by atoms with Crippen LogP contribution in [0.3, 0.4) is 0 Å². The van der Waals surface area contributed by atoms with Gasteiger partial charge in [-0.05, 0) is 30.3 Å². The molecule has 0 atom stereocenters. The van der Waals surface area contributed by atoms with Crippen LogP contribution in [0.4, 0.5) is 0 Å². The molecule has 0 aliphatic heterocycles. The molecule has 118 valence electrons. The standard InChI is InChI=1S/C15H10Cl2N2O2S2/c16-10-3-6-13(17)12(7-10)14-8-22-15(19-14)9-1-4-11(5-2-9)23(18,20)21/h1-8H,(H2,18,20,21). The van der Waals surface area contributed by atoms with Crippen molar-refractivity contribution >= 4 is 44.6 Å². The number of sulfonamides is 1. The quantitative estimate of drug-likeness (QED) is 0.725. The van der Waals surface area contributed by atoms with Crippen molar-refractivity contribution in [1.29, 1.82) is 0 Å². The van der Waals surface area contributed by atoms with Gasteiger partial charge in [-0.25, -0.2) is 18.5 Å². The first-order chi connectivity index (χ1) is 10.8. The van der Waals surface area contributed by atoms with Crippen LogP contribution in [0.15, 0.2) is 52.7 Å². The highest BCUT2D eigenvalue weighted by atomic mass is 35.5. The summed E-state index contributed by atoms with van der Waals surface area (Å²) in [5, 5.41) is 8.86. The number of nitrogens with zero attached hydrogens (tertiary/aromatic N) is 1. The molecule has 0 saturated heterocycles. The molecular weight excluding hydrogens is 375 g/mol. The maximum Gasteiger partial charge on any atom is 0.238 e. The highest BCUT2D eigenvalue weighted by molar-refractivity contribution is 7.89. The molecule has 2 aromatic carbocycles. The summed E-state index contributed by atoms with van der Waals surface area (Å²) < 4.78 is 22.6. The largest absolute Gasteiger partial charge is 0.238 e. The van der Waals surface area contributed by atoms with Crippen molar-refractivity contribution in [2.45, 2.75) is 4.90 Å². The van der Waals surface area contributed by atoms with Crippen LogP contribution in [-0.2, 0) is 10.0 Å². The van der Waals surface area contributed by atoms with Crippen LogP contribution in [0, 0.1) is 0 Å². The SMILES string of the molecule is NS(=O)(=O)c1ccc(-c2nc(-c3cc(Cl)ccc3Cl)cs2)cc1. The van der Waals surface area contributed by atoms with Crippen molar-refractivity contribution < 1.29 is 8.42 Å². The Morgan fingerprint density at radius 1 is 1.04 bits per heavy atom. The second-order valence-electron chi connectivity index (χ2n) is 4.73. The van der Waals surface area contributed by atoms with Gasteiger partial charge in [0, 0.05) is 21.5 Å². The molecule has 2 N–H and O–H groups in total. The Labute approximate surface area is 147 Å². The van der Waals surface area contributed by atoms with Crippen molar-refractivity contribution in [3.8, 4) is 21.8 Å². The second-order valence-corrected chi connectivity index (χ2v) is 7.99. The Morgan fingerprint density at radius 2 is 1.74 bits per heavy atom. The number of primary sulfonamides is 1. The maximum absolute atomic E-state index is 11.3. The number of halogens is 2. The molecule has 0 unspecified atom stereocenters. The number of aromatic nitrogens is 1. The predicted molar refractivity (Wildman–Crippen MR) is 94.4 cm³/mol. The number of benzene rings is 2. The summed E-state index contributed by atoms with van der Waals surface area (Å²) in [7, 11) is -3.70. The summed E-state index contributed by atoms with van der Waals surface area (Å²) in [4.78, 5) is 4.60. The zero-order valence-corrected chi connectivity index (χ0v) is 14.7. The molecule has 23 heavy (non-hydrogen) atoms. The van der Waals surface area contributed by atoms with Gasteiger partial charge in [-0.15, -0.1) is 11.3 Å². The third-order valence-electron chi connectivity index (χ3n) is 3.14. The summed E-state index contributed by atoms with van der Waals surface area (Å²) in [5.74, 6) is 0. The maximum atomic E-state index is 11.3. The summed E-state index contributed by atoms with van der Waals surface area (Å²) >= 11 is 13.6. The van der Waals surface area contributed by atoms with E-state index in [2.05, 4.69) is 4.98 Å². The van der Waals surface area contributed by atoms with Gasteiger partial charge in [-0.1, -0.05) is 35.3 Å². The average Bonchev–Trinajstić information content (AvgIpc) is 2.99. The fourth-order valence-corrected chi connectivity index (χ4v) is 3.74. The van der Waals surface area contributed by atoms with Crippen LogP contribution in [-0.4, -0.2) is 13.4 Å². The van der Waals surface area contributed by atoms with Crippen LogP contribution in [0.5, 0.6) is 0 Å². The lowest BCUT2D eigenvalue weighted by Gasteiger charge is -2.02. The fraction of sp³-hybridized carbons (Fsp3) is 0. The molecule has 1 aromatic heterocycles. The van der Waals surface area contributed by atoms with Crippen molar-refractivity contribution in [3.63, 3.8) is 0 Å². The summed E-state index contributed by atoms with van der Waals surface area (Å²) in [5.41, 5.74) is 2.27. The van der Waals surface area contributed by atoms with Gasteiger partial charge in [0.05, 0.1) is 15.6 Å². The van der Waals surface area contributed by atoms with E-state index < -0.39 is 10.0 Å². The Bertz CT molecular complexity index is 967. The summed E-state index contributed by atoms with van der Waals surface area (Å²) in [6, 6.07) is 11.4. The Hall–Kier alpha value is -1.44. The van der Waals surface area contributed by atoms with Gasteiger partial charge in [0.15, 0.2) is 0 Å². The minimum atomic E-state index is -3.70. The zero-order valence-electron chi connectivity index (χ0n) is 11.5. The summed E-state index contributed by atoms with van der Waals surface area (Å²) in [6.45, 7) is 0. The molecule has 4 nitrogen and oxygen atoms in total. The summed E-state index contributed by atoms with van der Waals surface area (Å²) in [6.07, 6.45) is 0. The smallest absolute Gasteiger partial charge is 0.236 e. The zero-order chi connectivity index (χ0) is 16.6. The molecule has 0 radical (unpaired) electrons. The van der Waals surface area contributed by atoms with E-state index in [4.69, 9.17) is 28.3 Å². The lowest BCUT2D eigenvalue weighted by molar-refractivity contribution is 0.598. The first-order valence-corrected chi connectivity index (χ1v) is 9.57. The molecule has 3 aromatic rings. The molecular formula is C15H10Cl2N2O2S2. The topological polar surface area (TPSA) is 73.1 Å².